The normalized spacial score (nSPS) is 23.4. The predicted molar refractivity (Wildman–Crippen MR) is 72.1 cm³/mol. The molecule has 2 heterocycles. The maximum absolute atomic E-state index is 5.42. The first-order chi connectivity index (χ1) is 8.67. The number of nitrogens with zero attached hydrogens (tertiary/aromatic N) is 3. The molecule has 0 spiro atoms. The van der Waals surface area contributed by atoms with Gasteiger partial charge in [-0.3, -0.25) is 0 Å². The van der Waals surface area contributed by atoms with Crippen LogP contribution in [-0.2, 0) is 0 Å². The van der Waals surface area contributed by atoms with E-state index in [0.29, 0.717) is 17.9 Å². The van der Waals surface area contributed by atoms with Crippen molar-refractivity contribution < 1.29 is 4.74 Å². The summed E-state index contributed by atoms with van der Waals surface area (Å²) < 4.78 is 5.42. The highest BCUT2D eigenvalue weighted by atomic mass is 16.5. The Hall–Kier alpha value is -1.36. The summed E-state index contributed by atoms with van der Waals surface area (Å²) in [7, 11) is 2.00. The molecule has 0 saturated carbocycles. The van der Waals surface area contributed by atoms with Gasteiger partial charge in [0.2, 0.25) is 11.8 Å². The summed E-state index contributed by atoms with van der Waals surface area (Å²) in [5, 5.41) is 3.26. The lowest BCUT2D eigenvalue weighted by Crippen LogP contribution is -2.33. The molecule has 0 aromatic carbocycles. The van der Waals surface area contributed by atoms with Crippen molar-refractivity contribution in [2.75, 3.05) is 38.2 Å². The van der Waals surface area contributed by atoms with Gasteiger partial charge in [0.05, 0.1) is 6.61 Å². The maximum atomic E-state index is 5.42. The summed E-state index contributed by atoms with van der Waals surface area (Å²) in [5.74, 6) is 1.44. The van der Waals surface area contributed by atoms with Crippen LogP contribution < -0.4 is 15.0 Å². The summed E-state index contributed by atoms with van der Waals surface area (Å²) in [6.45, 7) is 7.91. The average molecular weight is 250 g/mol. The molecule has 0 bridgehead atoms. The van der Waals surface area contributed by atoms with E-state index in [4.69, 9.17) is 4.74 Å². The number of hydrogen-bond acceptors (Lipinski definition) is 5. The van der Waals surface area contributed by atoms with E-state index in [2.05, 4.69) is 27.1 Å². The van der Waals surface area contributed by atoms with Crippen molar-refractivity contribution in [2.24, 2.45) is 5.41 Å². The van der Waals surface area contributed by atoms with Crippen LogP contribution in [0.15, 0.2) is 12.3 Å². The number of rotatable bonds is 5. The van der Waals surface area contributed by atoms with Gasteiger partial charge in [-0.1, -0.05) is 6.92 Å². The van der Waals surface area contributed by atoms with Gasteiger partial charge < -0.3 is 15.0 Å². The molecule has 1 fully saturated rings. The molecule has 1 aliphatic rings. The van der Waals surface area contributed by atoms with Gasteiger partial charge in [0.15, 0.2) is 0 Å². The van der Waals surface area contributed by atoms with Crippen molar-refractivity contribution in [3.8, 4) is 5.88 Å². The van der Waals surface area contributed by atoms with Crippen LogP contribution in [0.3, 0.4) is 0 Å². The number of ether oxygens (including phenoxy) is 1. The summed E-state index contributed by atoms with van der Waals surface area (Å²) in [6, 6.07) is 1.80. The predicted octanol–water partition coefficient (Wildman–Crippen LogP) is 1.31. The van der Waals surface area contributed by atoms with Gasteiger partial charge in [-0.15, -0.1) is 0 Å². The fourth-order valence-corrected chi connectivity index (χ4v) is 2.48. The molecule has 1 aromatic heterocycles. The molecule has 100 valence electrons. The van der Waals surface area contributed by atoms with E-state index in [9.17, 15) is 0 Å². The molecule has 2 rings (SSSR count). The number of hydrogen-bond donors (Lipinski definition) is 1. The molecule has 1 aliphatic heterocycles. The van der Waals surface area contributed by atoms with Crippen LogP contribution in [0, 0.1) is 5.41 Å². The van der Waals surface area contributed by atoms with E-state index in [1.807, 2.05) is 14.0 Å². The summed E-state index contributed by atoms with van der Waals surface area (Å²) >= 11 is 0. The monoisotopic (exact) mass is 250 g/mol. The lowest BCUT2D eigenvalue weighted by atomic mass is 9.90. The first-order valence-corrected chi connectivity index (χ1v) is 6.52. The van der Waals surface area contributed by atoms with Crippen molar-refractivity contribution in [1.82, 2.24) is 15.3 Å². The molecule has 1 N–H and O–H groups in total. The zero-order chi connectivity index (χ0) is 13.0. The minimum atomic E-state index is 0.305. The van der Waals surface area contributed by atoms with Crippen LogP contribution in [0.2, 0.25) is 0 Å². The summed E-state index contributed by atoms with van der Waals surface area (Å²) in [4.78, 5) is 11.0. The van der Waals surface area contributed by atoms with E-state index in [1.165, 1.54) is 0 Å². The van der Waals surface area contributed by atoms with Gasteiger partial charge in [0.1, 0.15) is 0 Å². The zero-order valence-electron chi connectivity index (χ0n) is 11.4. The standard InChI is InChI=1S/C13H22N4O/c1-4-18-11-5-7-15-12(16-11)17-8-6-13(2,10-17)9-14-3/h5,7,14H,4,6,8-10H2,1-3H3. The number of aromatic nitrogens is 2. The summed E-state index contributed by atoms with van der Waals surface area (Å²) in [5.41, 5.74) is 0.305. The van der Waals surface area contributed by atoms with Crippen LogP contribution in [0.25, 0.3) is 0 Å². The second-order valence-corrected chi connectivity index (χ2v) is 5.14. The molecular formula is C13H22N4O. The molecule has 1 atom stereocenters. The molecule has 1 unspecified atom stereocenters. The third-order valence-electron chi connectivity index (χ3n) is 3.35. The highest BCUT2D eigenvalue weighted by molar-refractivity contribution is 5.34. The van der Waals surface area contributed by atoms with Crippen molar-refractivity contribution in [1.29, 1.82) is 0 Å². The Morgan fingerprint density at radius 1 is 1.56 bits per heavy atom. The Morgan fingerprint density at radius 2 is 2.39 bits per heavy atom. The molecule has 0 aliphatic carbocycles. The maximum Gasteiger partial charge on any atom is 0.228 e. The van der Waals surface area contributed by atoms with E-state index in [-0.39, 0.29) is 0 Å². The van der Waals surface area contributed by atoms with Crippen molar-refractivity contribution in [3.63, 3.8) is 0 Å². The van der Waals surface area contributed by atoms with E-state index in [0.717, 1.165) is 32.0 Å². The Morgan fingerprint density at radius 3 is 3.11 bits per heavy atom. The van der Waals surface area contributed by atoms with Gasteiger partial charge in [-0.25, -0.2) is 4.98 Å². The second-order valence-electron chi connectivity index (χ2n) is 5.14. The molecule has 0 amide bonds. The van der Waals surface area contributed by atoms with Crippen molar-refractivity contribution in [3.05, 3.63) is 12.3 Å². The SMILES string of the molecule is CCOc1ccnc(N2CCC(C)(CNC)C2)n1. The second kappa shape index (κ2) is 5.52. The van der Waals surface area contributed by atoms with Gasteiger partial charge in [-0.05, 0) is 25.8 Å². The van der Waals surface area contributed by atoms with Gasteiger partial charge in [0, 0.05) is 31.9 Å². The van der Waals surface area contributed by atoms with Crippen molar-refractivity contribution >= 4 is 5.95 Å². The first-order valence-electron chi connectivity index (χ1n) is 6.52. The largest absolute Gasteiger partial charge is 0.478 e. The highest BCUT2D eigenvalue weighted by Gasteiger charge is 2.34. The lowest BCUT2D eigenvalue weighted by Gasteiger charge is -2.24. The zero-order valence-corrected chi connectivity index (χ0v) is 11.4. The Labute approximate surface area is 109 Å². The van der Waals surface area contributed by atoms with Crippen LogP contribution in [0.5, 0.6) is 5.88 Å². The third-order valence-corrected chi connectivity index (χ3v) is 3.35. The number of anilines is 1. The smallest absolute Gasteiger partial charge is 0.228 e. The Bertz CT molecular complexity index is 398. The Kier molecular flexibility index (Phi) is 4.01. The topological polar surface area (TPSA) is 50.3 Å². The lowest BCUT2D eigenvalue weighted by molar-refractivity contribution is 0.326. The number of nitrogens with one attached hydrogen (secondary N) is 1. The highest BCUT2D eigenvalue weighted by Crippen LogP contribution is 2.31. The molecule has 1 aromatic rings. The fraction of sp³-hybridized carbons (Fsp3) is 0.692. The van der Waals surface area contributed by atoms with Crippen LogP contribution in [0.4, 0.5) is 5.95 Å². The fourth-order valence-electron chi connectivity index (χ4n) is 2.48. The first kappa shape index (κ1) is 13.1. The summed E-state index contributed by atoms with van der Waals surface area (Å²) in [6.07, 6.45) is 2.93. The molecular weight excluding hydrogens is 228 g/mol. The Balaban J connectivity index is 2.06. The van der Waals surface area contributed by atoms with E-state index in [1.54, 1.807) is 12.3 Å². The van der Waals surface area contributed by atoms with Crippen molar-refractivity contribution in [2.45, 2.75) is 20.3 Å². The molecule has 5 nitrogen and oxygen atoms in total. The van der Waals surface area contributed by atoms with E-state index >= 15 is 0 Å². The minimum Gasteiger partial charge on any atom is -0.478 e. The van der Waals surface area contributed by atoms with Crippen LogP contribution in [-0.4, -0.2) is 43.3 Å². The molecule has 5 heteroatoms. The molecule has 0 radical (unpaired) electrons. The minimum absolute atomic E-state index is 0.305. The van der Waals surface area contributed by atoms with Gasteiger partial charge in [-0.2, -0.15) is 4.98 Å². The molecule has 18 heavy (non-hydrogen) atoms. The molecule has 1 saturated heterocycles. The van der Waals surface area contributed by atoms with Crippen LogP contribution in [0.1, 0.15) is 20.3 Å². The third kappa shape index (κ3) is 2.90. The van der Waals surface area contributed by atoms with Gasteiger partial charge in [0.25, 0.3) is 0 Å². The van der Waals surface area contributed by atoms with Gasteiger partial charge >= 0.3 is 0 Å². The van der Waals surface area contributed by atoms with Crippen LogP contribution >= 0.6 is 0 Å². The quantitative estimate of drug-likeness (QED) is 0.854. The van der Waals surface area contributed by atoms with E-state index < -0.39 is 0 Å². The average Bonchev–Trinajstić information content (AvgIpc) is 2.73.